The summed E-state index contributed by atoms with van der Waals surface area (Å²) >= 11 is 0. The van der Waals surface area contributed by atoms with Crippen molar-refractivity contribution in [1.29, 1.82) is 0 Å². The van der Waals surface area contributed by atoms with E-state index in [1.807, 2.05) is 6.92 Å². The smallest absolute Gasteiger partial charge is 0.345 e. The molecule has 2 aliphatic carbocycles. The van der Waals surface area contributed by atoms with Crippen LogP contribution in [0.5, 0.6) is 0 Å². The molecule has 3 nitrogen and oxygen atoms in total. The summed E-state index contributed by atoms with van der Waals surface area (Å²) in [6.07, 6.45) is 5.56. The SMILES string of the molecule is Cc1[nH]c(C2CCC(CNC3CCCC3)CC2)nc1-c1cccc(C(F)(F)F)c1. The Morgan fingerprint density at radius 1 is 1.07 bits per heavy atom. The van der Waals surface area contributed by atoms with E-state index in [0.29, 0.717) is 17.2 Å². The minimum atomic E-state index is -4.34. The number of imidazole rings is 1. The lowest BCUT2D eigenvalue weighted by Gasteiger charge is -2.28. The third-order valence-corrected chi connectivity index (χ3v) is 6.65. The quantitative estimate of drug-likeness (QED) is 0.621. The first-order chi connectivity index (χ1) is 13.9. The maximum Gasteiger partial charge on any atom is 0.416 e. The van der Waals surface area contributed by atoms with Crippen LogP contribution >= 0.6 is 0 Å². The summed E-state index contributed by atoms with van der Waals surface area (Å²) in [5.74, 6) is 2.03. The van der Waals surface area contributed by atoms with Crippen molar-refractivity contribution >= 4 is 0 Å². The van der Waals surface area contributed by atoms with Crippen molar-refractivity contribution in [2.75, 3.05) is 6.54 Å². The van der Waals surface area contributed by atoms with E-state index in [2.05, 4.69) is 10.3 Å². The van der Waals surface area contributed by atoms with Crippen LogP contribution in [0.2, 0.25) is 0 Å². The molecule has 0 aliphatic heterocycles. The van der Waals surface area contributed by atoms with Crippen molar-refractivity contribution in [2.45, 2.75) is 76.4 Å². The minimum absolute atomic E-state index is 0.371. The Balaban J connectivity index is 1.38. The number of aromatic amines is 1. The van der Waals surface area contributed by atoms with Gasteiger partial charge >= 0.3 is 6.18 Å². The van der Waals surface area contributed by atoms with Crippen molar-refractivity contribution in [3.8, 4) is 11.3 Å². The zero-order chi connectivity index (χ0) is 20.4. The fourth-order valence-corrected chi connectivity index (χ4v) is 4.90. The van der Waals surface area contributed by atoms with Gasteiger partial charge in [-0.15, -0.1) is 0 Å². The van der Waals surface area contributed by atoms with Crippen molar-refractivity contribution < 1.29 is 13.2 Å². The van der Waals surface area contributed by atoms with Gasteiger partial charge in [0.1, 0.15) is 5.82 Å². The molecule has 0 saturated heterocycles. The number of aromatic nitrogens is 2. The van der Waals surface area contributed by atoms with Gasteiger partial charge in [-0.2, -0.15) is 13.2 Å². The maximum atomic E-state index is 13.0. The van der Waals surface area contributed by atoms with E-state index in [9.17, 15) is 13.2 Å². The van der Waals surface area contributed by atoms with Gasteiger partial charge in [-0.3, -0.25) is 0 Å². The first-order valence-electron chi connectivity index (χ1n) is 10.9. The highest BCUT2D eigenvalue weighted by atomic mass is 19.4. The number of alkyl halides is 3. The Morgan fingerprint density at radius 3 is 2.48 bits per heavy atom. The molecule has 0 amide bonds. The molecule has 2 N–H and O–H groups in total. The molecule has 2 saturated carbocycles. The van der Waals surface area contributed by atoms with Gasteiger partial charge in [0, 0.05) is 23.2 Å². The largest absolute Gasteiger partial charge is 0.416 e. The first-order valence-corrected chi connectivity index (χ1v) is 10.9. The fraction of sp³-hybridized carbons (Fsp3) is 0.609. The third kappa shape index (κ3) is 4.85. The zero-order valence-corrected chi connectivity index (χ0v) is 17.0. The second-order valence-corrected chi connectivity index (χ2v) is 8.78. The average Bonchev–Trinajstić information content (AvgIpc) is 3.36. The van der Waals surface area contributed by atoms with Crippen LogP contribution in [0.4, 0.5) is 13.2 Å². The zero-order valence-electron chi connectivity index (χ0n) is 17.0. The number of nitrogens with one attached hydrogen (secondary N) is 2. The summed E-state index contributed by atoms with van der Waals surface area (Å²) in [6, 6.07) is 6.17. The van der Waals surface area contributed by atoms with Crippen LogP contribution in [-0.4, -0.2) is 22.6 Å². The van der Waals surface area contributed by atoms with Gasteiger partial charge in [0.25, 0.3) is 0 Å². The monoisotopic (exact) mass is 405 g/mol. The first kappa shape index (κ1) is 20.5. The van der Waals surface area contributed by atoms with Crippen LogP contribution in [0.25, 0.3) is 11.3 Å². The predicted octanol–water partition coefficient (Wildman–Crippen LogP) is 6.21. The number of hydrogen-bond donors (Lipinski definition) is 2. The van der Waals surface area contributed by atoms with Crippen molar-refractivity contribution in [3.05, 3.63) is 41.3 Å². The summed E-state index contributed by atoms with van der Waals surface area (Å²) in [5, 5.41) is 3.74. The molecule has 0 atom stereocenters. The molecule has 2 aliphatic rings. The normalized spacial score (nSPS) is 23.6. The minimum Gasteiger partial charge on any atom is -0.345 e. The van der Waals surface area contributed by atoms with Gasteiger partial charge in [0.15, 0.2) is 0 Å². The van der Waals surface area contributed by atoms with Gasteiger partial charge in [0.2, 0.25) is 0 Å². The molecule has 29 heavy (non-hydrogen) atoms. The second kappa shape index (κ2) is 8.50. The van der Waals surface area contributed by atoms with Gasteiger partial charge in [-0.25, -0.2) is 4.98 Å². The van der Waals surface area contributed by atoms with Crippen LogP contribution in [0, 0.1) is 12.8 Å². The van der Waals surface area contributed by atoms with E-state index in [1.165, 1.54) is 50.7 Å². The molecule has 0 spiro atoms. The maximum absolute atomic E-state index is 13.0. The molecule has 2 aromatic rings. The molecule has 0 unspecified atom stereocenters. The molecular weight excluding hydrogens is 375 g/mol. The molecular formula is C23H30F3N3. The van der Waals surface area contributed by atoms with E-state index in [-0.39, 0.29) is 0 Å². The van der Waals surface area contributed by atoms with Gasteiger partial charge in [-0.1, -0.05) is 25.0 Å². The molecule has 1 heterocycles. The van der Waals surface area contributed by atoms with Crippen molar-refractivity contribution in [1.82, 2.24) is 15.3 Å². The topological polar surface area (TPSA) is 40.7 Å². The van der Waals surface area contributed by atoms with Crippen molar-refractivity contribution in [2.24, 2.45) is 5.92 Å². The number of rotatable bonds is 5. The van der Waals surface area contributed by atoms with Gasteiger partial charge < -0.3 is 10.3 Å². The molecule has 6 heteroatoms. The highest BCUT2D eigenvalue weighted by Gasteiger charge is 2.31. The fourth-order valence-electron chi connectivity index (χ4n) is 4.90. The Bertz CT molecular complexity index is 813. The van der Waals surface area contributed by atoms with Crippen LogP contribution in [0.1, 0.15) is 74.4 Å². The van der Waals surface area contributed by atoms with E-state index in [0.717, 1.165) is 48.9 Å². The summed E-state index contributed by atoms with van der Waals surface area (Å²) in [4.78, 5) is 8.08. The predicted molar refractivity (Wildman–Crippen MR) is 109 cm³/mol. The number of nitrogens with zero attached hydrogens (tertiary/aromatic N) is 1. The molecule has 1 aromatic heterocycles. The Labute approximate surface area is 170 Å². The third-order valence-electron chi connectivity index (χ3n) is 6.65. The Kier molecular flexibility index (Phi) is 6.00. The van der Waals surface area contributed by atoms with Gasteiger partial charge in [-0.05, 0) is 70.0 Å². The number of aryl methyl sites for hydroxylation is 1. The van der Waals surface area contributed by atoms with Crippen LogP contribution in [0.15, 0.2) is 24.3 Å². The summed E-state index contributed by atoms with van der Waals surface area (Å²) in [5.41, 5.74) is 1.36. The summed E-state index contributed by atoms with van der Waals surface area (Å²) < 4.78 is 39.1. The molecule has 1 aromatic carbocycles. The summed E-state index contributed by atoms with van der Waals surface area (Å²) in [7, 11) is 0. The van der Waals surface area contributed by atoms with Crippen molar-refractivity contribution in [3.63, 3.8) is 0 Å². The lowest BCUT2D eigenvalue weighted by Crippen LogP contribution is -2.32. The highest BCUT2D eigenvalue weighted by molar-refractivity contribution is 5.63. The van der Waals surface area contributed by atoms with E-state index < -0.39 is 11.7 Å². The number of H-pyrrole nitrogens is 1. The van der Waals surface area contributed by atoms with Crippen LogP contribution in [-0.2, 0) is 6.18 Å². The number of benzene rings is 1. The summed E-state index contributed by atoms with van der Waals surface area (Å²) in [6.45, 7) is 3.01. The number of halogens is 3. The number of hydrogen-bond acceptors (Lipinski definition) is 2. The molecule has 0 radical (unpaired) electrons. The van der Waals surface area contributed by atoms with E-state index in [1.54, 1.807) is 6.07 Å². The van der Waals surface area contributed by atoms with Gasteiger partial charge in [0.05, 0.1) is 11.3 Å². The Morgan fingerprint density at radius 2 is 1.79 bits per heavy atom. The van der Waals surface area contributed by atoms with Crippen LogP contribution < -0.4 is 5.32 Å². The van der Waals surface area contributed by atoms with E-state index in [4.69, 9.17) is 4.98 Å². The average molecular weight is 406 g/mol. The van der Waals surface area contributed by atoms with E-state index >= 15 is 0 Å². The highest BCUT2D eigenvalue weighted by Crippen LogP contribution is 2.37. The molecule has 0 bridgehead atoms. The standard InChI is InChI=1S/C23H30F3N3/c1-15-21(18-5-4-6-19(13-18)23(24,25)26)29-22(28-15)17-11-9-16(10-12-17)14-27-20-7-2-3-8-20/h4-6,13,16-17,20,27H,2-3,7-12,14H2,1H3,(H,28,29). The lowest BCUT2D eigenvalue weighted by molar-refractivity contribution is -0.137. The molecule has 2 fully saturated rings. The molecule has 4 rings (SSSR count). The second-order valence-electron chi connectivity index (χ2n) is 8.78. The van der Waals surface area contributed by atoms with Crippen LogP contribution in [0.3, 0.4) is 0 Å². The molecule has 158 valence electrons. The Hall–Kier alpha value is -1.82. The lowest BCUT2D eigenvalue weighted by atomic mass is 9.81.